The minimum Gasteiger partial charge on any atom is -0.348 e. The number of amides is 1. The molecule has 0 fully saturated rings. The molecule has 0 saturated heterocycles. The lowest BCUT2D eigenvalue weighted by Crippen LogP contribution is -2.39. The summed E-state index contributed by atoms with van der Waals surface area (Å²) in [5.74, 6) is -0.108. The number of nitrogens with zero attached hydrogens (tertiary/aromatic N) is 1. The summed E-state index contributed by atoms with van der Waals surface area (Å²) in [5, 5.41) is 2.86. The molecule has 0 aliphatic carbocycles. The third kappa shape index (κ3) is 3.32. The van der Waals surface area contributed by atoms with Crippen LogP contribution in [0.3, 0.4) is 0 Å². The van der Waals surface area contributed by atoms with Crippen molar-refractivity contribution >= 4 is 5.91 Å². The van der Waals surface area contributed by atoms with E-state index in [1.54, 1.807) is 12.4 Å². The van der Waals surface area contributed by atoms with Gasteiger partial charge in [0.2, 0.25) is 0 Å². The molecule has 0 aliphatic heterocycles. The van der Waals surface area contributed by atoms with Crippen molar-refractivity contribution in [2.45, 2.75) is 26.3 Å². The second kappa shape index (κ2) is 5.46. The number of hydrogen-bond acceptors (Lipinski definition) is 3. The molecule has 0 aliphatic rings. The summed E-state index contributed by atoms with van der Waals surface area (Å²) in [7, 11) is 0. The summed E-state index contributed by atoms with van der Waals surface area (Å²) in [6, 6.07) is 1.85. The van der Waals surface area contributed by atoms with Crippen molar-refractivity contribution in [3.8, 4) is 0 Å². The van der Waals surface area contributed by atoms with Gasteiger partial charge < -0.3 is 11.1 Å². The molecule has 0 radical (unpaired) electrons. The number of carbonyl (C=O) groups excluding carboxylic acids is 1. The van der Waals surface area contributed by atoms with Crippen LogP contribution in [0.2, 0.25) is 0 Å². The van der Waals surface area contributed by atoms with Gasteiger partial charge in [0.25, 0.3) is 5.91 Å². The highest BCUT2D eigenvalue weighted by molar-refractivity contribution is 5.94. The van der Waals surface area contributed by atoms with Crippen molar-refractivity contribution in [3.63, 3.8) is 0 Å². The van der Waals surface area contributed by atoms with Gasteiger partial charge in [-0.1, -0.05) is 6.92 Å². The number of aromatic nitrogens is 1. The van der Waals surface area contributed by atoms with E-state index >= 15 is 0 Å². The van der Waals surface area contributed by atoms with Crippen LogP contribution in [0.4, 0.5) is 0 Å². The number of rotatable bonds is 4. The highest BCUT2D eigenvalue weighted by atomic mass is 16.1. The van der Waals surface area contributed by atoms with Gasteiger partial charge in [-0.3, -0.25) is 9.78 Å². The van der Waals surface area contributed by atoms with E-state index in [4.69, 9.17) is 5.73 Å². The molecule has 82 valence electrons. The predicted molar refractivity (Wildman–Crippen MR) is 59.6 cm³/mol. The van der Waals surface area contributed by atoms with Crippen LogP contribution < -0.4 is 11.1 Å². The Morgan fingerprint density at radius 1 is 1.60 bits per heavy atom. The lowest BCUT2D eigenvalue weighted by Gasteiger charge is -2.14. The van der Waals surface area contributed by atoms with Crippen molar-refractivity contribution in [2.24, 2.45) is 5.73 Å². The van der Waals surface area contributed by atoms with Crippen LogP contribution >= 0.6 is 0 Å². The molecule has 1 heterocycles. The molecule has 1 rings (SSSR count). The van der Waals surface area contributed by atoms with Gasteiger partial charge in [0.1, 0.15) is 0 Å². The third-order valence-corrected chi connectivity index (χ3v) is 2.25. The van der Waals surface area contributed by atoms with Crippen LogP contribution in [-0.2, 0) is 0 Å². The maximum atomic E-state index is 11.7. The van der Waals surface area contributed by atoms with E-state index in [0.29, 0.717) is 12.1 Å². The fraction of sp³-hybridized carbons (Fsp3) is 0.455. The van der Waals surface area contributed by atoms with Crippen LogP contribution in [-0.4, -0.2) is 23.5 Å². The maximum Gasteiger partial charge on any atom is 0.253 e. The second-order valence-corrected chi connectivity index (χ2v) is 3.57. The van der Waals surface area contributed by atoms with E-state index in [0.717, 1.165) is 12.0 Å². The van der Waals surface area contributed by atoms with Crippen LogP contribution in [0.15, 0.2) is 18.5 Å². The van der Waals surface area contributed by atoms with E-state index in [1.165, 1.54) is 0 Å². The van der Waals surface area contributed by atoms with Gasteiger partial charge in [0.05, 0.1) is 5.56 Å². The van der Waals surface area contributed by atoms with Gasteiger partial charge in [-0.15, -0.1) is 0 Å². The van der Waals surface area contributed by atoms with Crippen LogP contribution in [0.25, 0.3) is 0 Å². The molecule has 3 N–H and O–H groups in total. The molecule has 0 bridgehead atoms. The standard InChI is InChI=1S/C11H17N3O/c1-3-10(5-12)14-11(15)9-4-8(2)6-13-7-9/h4,6-7,10H,3,5,12H2,1-2H3,(H,14,15). The van der Waals surface area contributed by atoms with Gasteiger partial charge in [-0.25, -0.2) is 0 Å². The SMILES string of the molecule is CCC(CN)NC(=O)c1cncc(C)c1. The summed E-state index contributed by atoms with van der Waals surface area (Å²) in [4.78, 5) is 15.7. The largest absolute Gasteiger partial charge is 0.348 e. The maximum absolute atomic E-state index is 11.7. The van der Waals surface area contributed by atoms with Crippen molar-refractivity contribution in [2.75, 3.05) is 6.54 Å². The predicted octanol–water partition coefficient (Wildman–Crippen LogP) is 0.857. The van der Waals surface area contributed by atoms with Crippen molar-refractivity contribution in [3.05, 3.63) is 29.6 Å². The summed E-state index contributed by atoms with van der Waals surface area (Å²) < 4.78 is 0. The van der Waals surface area contributed by atoms with Gasteiger partial charge in [-0.2, -0.15) is 0 Å². The van der Waals surface area contributed by atoms with Gasteiger partial charge in [-0.05, 0) is 25.0 Å². The topological polar surface area (TPSA) is 68.0 Å². The summed E-state index contributed by atoms with van der Waals surface area (Å²) >= 11 is 0. The Morgan fingerprint density at radius 2 is 2.33 bits per heavy atom. The monoisotopic (exact) mass is 207 g/mol. The average molecular weight is 207 g/mol. The molecule has 4 heteroatoms. The minimum atomic E-state index is -0.108. The molecule has 0 saturated carbocycles. The van der Waals surface area contributed by atoms with E-state index in [1.807, 2.05) is 19.9 Å². The number of nitrogens with one attached hydrogen (secondary N) is 1. The zero-order valence-corrected chi connectivity index (χ0v) is 9.16. The molecule has 4 nitrogen and oxygen atoms in total. The Hall–Kier alpha value is -1.42. The quantitative estimate of drug-likeness (QED) is 0.769. The molecule has 15 heavy (non-hydrogen) atoms. The minimum absolute atomic E-state index is 0.0398. The Morgan fingerprint density at radius 3 is 2.87 bits per heavy atom. The lowest BCUT2D eigenvalue weighted by molar-refractivity contribution is 0.0936. The van der Waals surface area contributed by atoms with Crippen LogP contribution in [0.1, 0.15) is 29.3 Å². The number of aryl methyl sites for hydroxylation is 1. The van der Waals surface area contributed by atoms with E-state index in [-0.39, 0.29) is 11.9 Å². The first-order valence-electron chi connectivity index (χ1n) is 5.10. The average Bonchev–Trinajstić information content (AvgIpc) is 2.25. The Labute approximate surface area is 89.9 Å². The molecular formula is C11H17N3O. The zero-order chi connectivity index (χ0) is 11.3. The molecule has 0 aromatic carbocycles. The fourth-order valence-corrected chi connectivity index (χ4v) is 1.28. The Kier molecular flexibility index (Phi) is 4.24. The molecular weight excluding hydrogens is 190 g/mol. The summed E-state index contributed by atoms with van der Waals surface area (Å²) in [6.45, 7) is 4.36. The number of carbonyl (C=O) groups is 1. The smallest absolute Gasteiger partial charge is 0.253 e. The third-order valence-electron chi connectivity index (χ3n) is 2.25. The number of pyridine rings is 1. The Balaban J connectivity index is 2.68. The molecule has 1 atom stereocenters. The van der Waals surface area contributed by atoms with Crippen molar-refractivity contribution in [1.29, 1.82) is 0 Å². The number of hydrogen-bond donors (Lipinski definition) is 2. The molecule has 1 amide bonds. The molecule has 0 spiro atoms. The highest BCUT2D eigenvalue weighted by Crippen LogP contribution is 2.01. The van der Waals surface area contributed by atoms with Gasteiger partial charge in [0, 0.05) is 25.0 Å². The first-order valence-corrected chi connectivity index (χ1v) is 5.10. The molecule has 1 aromatic rings. The number of nitrogens with two attached hydrogens (primary N) is 1. The second-order valence-electron chi connectivity index (χ2n) is 3.57. The van der Waals surface area contributed by atoms with Crippen molar-refractivity contribution in [1.82, 2.24) is 10.3 Å². The van der Waals surface area contributed by atoms with E-state index < -0.39 is 0 Å². The van der Waals surface area contributed by atoms with Crippen LogP contribution in [0, 0.1) is 6.92 Å². The summed E-state index contributed by atoms with van der Waals surface area (Å²) in [5.41, 5.74) is 7.07. The first-order chi connectivity index (χ1) is 7.17. The normalized spacial score (nSPS) is 12.2. The first kappa shape index (κ1) is 11.7. The summed E-state index contributed by atoms with van der Waals surface area (Å²) in [6.07, 6.45) is 4.12. The Bertz CT molecular complexity index is 334. The van der Waals surface area contributed by atoms with Crippen molar-refractivity contribution < 1.29 is 4.79 Å². The molecule has 1 unspecified atom stereocenters. The fourth-order valence-electron chi connectivity index (χ4n) is 1.28. The van der Waals surface area contributed by atoms with E-state index in [9.17, 15) is 4.79 Å². The van der Waals surface area contributed by atoms with Gasteiger partial charge >= 0.3 is 0 Å². The zero-order valence-electron chi connectivity index (χ0n) is 9.16. The van der Waals surface area contributed by atoms with E-state index in [2.05, 4.69) is 10.3 Å². The molecule has 1 aromatic heterocycles. The highest BCUT2D eigenvalue weighted by Gasteiger charge is 2.10. The van der Waals surface area contributed by atoms with Crippen LogP contribution in [0.5, 0.6) is 0 Å². The van der Waals surface area contributed by atoms with Gasteiger partial charge in [0.15, 0.2) is 0 Å². The lowest BCUT2D eigenvalue weighted by atomic mass is 10.2.